The van der Waals surface area contributed by atoms with Crippen molar-refractivity contribution in [3.8, 4) is 0 Å². The van der Waals surface area contributed by atoms with Gasteiger partial charge in [0, 0.05) is 0 Å². The summed E-state index contributed by atoms with van der Waals surface area (Å²) in [5.74, 6) is 3.25. The van der Waals surface area contributed by atoms with Crippen molar-refractivity contribution < 1.29 is 4.59 Å². The number of nitrogens with zero attached hydrogens (tertiary/aromatic N) is 1. The van der Waals surface area contributed by atoms with E-state index in [-0.39, 0.29) is 0 Å². The number of fused-ring (bicyclic) bond motifs is 5. The molecule has 4 aliphatic carbocycles. The summed E-state index contributed by atoms with van der Waals surface area (Å²) in [6.07, 6.45) is 18.1. The fourth-order valence-electron chi connectivity index (χ4n) is 8.63. The van der Waals surface area contributed by atoms with E-state index < -0.39 is 0 Å². The molecule has 0 aromatic heterocycles. The number of hydrogen-bond donors (Lipinski definition) is 2. The van der Waals surface area contributed by atoms with Gasteiger partial charge in [0.25, 0.3) is 0 Å². The molecule has 3 saturated carbocycles. The van der Waals surface area contributed by atoms with E-state index in [1.54, 1.807) is 0 Å². The second-order valence-electron chi connectivity index (χ2n) is 12.9. The zero-order valence-corrected chi connectivity index (χ0v) is 20.1. The third-order valence-electron chi connectivity index (χ3n) is 10.4. The lowest BCUT2D eigenvalue weighted by atomic mass is 9.46. The quantitative estimate of drug-likeness (QED) is 0.435. The van der Waals surface area contributed by atoms with Crippen LogP contribution >= 0.6 is 0 Å². The molecule has 5 aliphatic rings. The molecule has 3 nitrogen and oxygen atoms in total. The fraction of sp³-hybridized carbons (Fsp3) is 0.778. The first-order valence-corrected chi connectivity index (χ1v) is 12.5. The standard InChI is InChI=1S/C27H44N3/c1-19(18-30(6)16-15-28-29-30)22-9-10-23-21-8-7-20-17-25(2,3)13-14-26(20,4)24(21)11-12-27(22,23)5/h11,15-16,20-23,28-29H,1,7-10,12-14,17-18H2,2-6H3/q+1. The monoisotopic (exact) mass is 410 g/mol. The van der Waals surface area contributed by atoms with Crippen LogP contribution in [0, 0.1) is 39.9 Å². The smallest absolute Gasteiger partial charge is 0.134 e. The zero-order chi connectivity index (χ0) is 21.4. The van der Waals surface area contributed by atoms with Gasteiger partial charge in [-0.25, -0.2) is 0 Å². The van der Waals surface area contributed by atoms with Gasteiger partial charge in [-0.3, -0.25) is 5.43 Å². The van der Waals surface area contributed by atoms with Gasteiger partial charge in [0.2, 0.25) is 0 Å². The van der Waals surface area contributed by atoms with Gasteiger partial charge in [-0.2, -0.15) is 4.59 Å². The van der Waals surface area contributed by atoms with Gasteiger partial charge in [0.1, 0.15) is 12.7 Å². The zero-order valence-electron chi connectivity index (χ0n) is 20.1. The topological polar surface area (TPSA) is 24.1 Å². The minimum Gasteiger partial charge on any atom is -0.280 e. The first-order chi connectivity index (χ1) is 14.1. The van der Waals surface area contributed by atoms with Crippen LogP contribution in [0.15, 0.2) is 36.2 Å². The van der Waals surface area contributed by atoms with Gasteiger partial charge < -0.3 is 0 Å². The van der Waals surface area contributed by atoms with Gasteiger partial charge in [0.05, 0.1) is 13.2 Å². The van der Waals surface area contributed by atoms with E-state index in [1.165, 1.54) is 56.9 Å². The lowest BCUT2D eigenvalue weighted by Gasteiger charge is -2.58. The molecule has 5 rings (SSSR count). The minimum atomic E-state index is 0.401. The van der Waals surface area contributed by atoms with Gasteiger partial charge >= 0.3 is 0 Å². The van der Waals surface area contributed by atoms with Crippen LogP contribution in [0.5, 0.6) is 0 Å². The predicted molar refractivity (Wildman–Crippen MR) is 125 cm³/mol. The highest BCUT2D eigenvalue weighted by Crippen LogP contribution is 2.67. The SMILES string of the molecule is C=C(C[N+]1(C)C=CNN1)C1CCC2C3CCC4CC(C)(C)CCC4(C)C3=CCC12C. The Bertz CT molecular complexity index is 794. The molecule has 0 aromatic carbocycles. The lowest BCUT2D eigenvalue weighted by molar-refractivity contribution is -0.898. The molecular weight excluding hydrogens is 366 g/mol. The molecule has 7 unspecified atom stereocenters. The van der Waals surface area contributed by atoms with Crippen molar-refractivity contribution in [2.24, 2.45) is 39.9 Å². The third kappa shape index (κ3) is 3.06. The second kappa shape index (κ2) is 6.72. The largest absolute Gasteiger partial charge is 0.280 e. The summed E-state index contributed by atoms with van der Waals surface area (Å²) in [6.45, 7) is 15.9. The highest BCUT2D eigenvalue weighted by Gasteiger charge is 2.58. The van der Waals surface area contributed by atoms with Gasteiger partial charge in [-0.05, 0) is 96.9 Å². The minimum absolute atomic E-state index is 0.401. The van der Waals surface area contributed by atoms with E-state index in [9.17, 15) is 0 Å². The fourth-order valence-corrected chi connectivity index (χ4v) is 8.63. The average molecular weight is 411 g/mol. The maximum Gasteiger partial charge on any atom is 0.134 e. The molecule has 1 heterocycles. The van der Waals surface area contributed by atoms with Crippen LogP contribution in [0.1, 0.15) is 79.1 Å². The highest BCUT2D eigenvalue weighted by atomic mass is 15.8. The first-order valence-electron chi connectivity index (χ1n) is 12.5. The summed E-state index contributed by atoms with van der Waals surface area (Å²) in [7, 11) is 2.22. The van der Waals surface area contributed by atoms with E-state index in [0.29, 0.717) is 22.2 Å². The van der Waals surface area contributed by atoms with Crippen molar-refractivity contribution in [2.75, 3.05) is 13.6 Å². The Morgan fingerprint density at radius 3 is 2.67 bits per heavy atom. The van der Waals surface area contributed by atoms with Crippen molar-refractivity contribution >= 4 is 0 Å². The summed E-state index contributed by atoms with van der Waals surface area (Å²) >= 11 is 0. The van der Waals surface area contributed by atoms with Crippen molar-refractivity contribution in [1.82, 2.24) is 11.0 Å². The normalized spacial score (nSPS) is 48.9. The van der Waals surface area contributed by atoms with Crippen LogP contribution in [-0.4, -0.2) is 18.2 Å². The van der Waals surface area contributed by atoms with Crippen molar-refractivity contribution in [1.29, 1.82) is 0 Å². The Balaban J connectivity index is 1.39. The van der Waals surface area contributed by atoms with Crippen LogP contribution in [0.25, 0.3) is 0 Å². The molecule has 3 fully saturated rings. The molecule has 7 atom stereocenters. The van der Waals surface area contributed by atoms with Gasteiger partial charge in [-0.15, -0.1) is 0 Å². The first kappa shape index (κ1) is 20.8. The van der Waals surface area contributed by atoms with Gasteiger partial charge in [0.15, 0.2) is 0 Å². The molecule has 0 bridgehead atoms. The molecule has 0 radical (unpaired) electrons. The Morgan fingerprint density at radius 1 is 1.13 bits per heavy atom. The van der Waals surface area contributed by atoms with Gasteiger partial charge in [-0.1, -0.05) is 51.5 Å². The van der Waals surface area contributed by atoms with E-state index in [1.807, 2.05) is 11.8 Å². The summed E-state index contributed by atoms with van der Waals surface area (Å²) in [6, 6.07) is 0. The Kier molecular flexibility index (Phi) is 4.66. The molecule has 1 aliphatic heterocycles. The Hall–Kier alpha value is -1.06. The predicted octanol–water partition coefficient (Wildman–Crippen LogP) is 6.09. The number of likely N-dealkylation sites (N-methyl/N-ethyl adjacent to an activating group) is 1. The summed E-state index contributed by atoms with van der Waals surface area (Å²) in [5, 5.41) is 0. The van der Waals surface area contributed by atoms with Crippen molar-refractivity contribution in [3.05, 3.63) is 36.2 Å². The maximum absolute atomic E-state index is 4.64. The molecule has 166 valence electrons. The highest BCUT2D eigenvalue weighted by molar-refractivity contribution is 5.30. The second-order valence-corrected chi connectivity index (χ2v) is 12.9. The van der Waals surface area contributed by atoms with E-state index in [2.05, 4.69) is 64.6 Å². The maximum atomic E-state index is 4.64. The number of quaternary nitrogens is 1. The summed E-state index contributed by atoms with van der Waals surface area (Å²) in [4.78, 5) is 0. The van der Waals surface area contributed by atoms with E-state index >= 15 is 0 Å². The van der Waals surface area contributed by atoms with Crippen LogP contribution in [0.2, 0.25) is 0 Å². The number of hydrazine groups is 1. The third-order valence-corrected chi connectivity index (χ3v) is 10.4. The van der Waals surface area contributed by atoms with E-state index in [0.717, 1.165) is 28.9 Å². The van der Waals surface area contributed by atoms with Crippen molar-refractivity contribution in [2.45, 2.75) is 79.1 Å². The number of rotatable bonds is 3. The van der Waals surface area contributed by atoms with Crippen LogP contribution in [0.4, 0.5) is 0 Å². The Morgan fingerprint density at radius 2 is 1.93 bits per heavy atom. The number of allylic oxidation sites excluding steroid dienone is 2. The summed E-state index contributed by atoms with van der Waals surface area (Å²) < 4.78 is 0.718. The summed E-state index contributed by atoms with van der Waals surface area (Å²) in [5.41, 5.74) is 11.3. The van der Waals surface area contributed by atoms with Crippen molar-refractivity contribution in [3.63, 3.8) is 0 Å². The molecule has 3 heteroatoms. The molecule has 0 amide bonds. The van der Waals surface area contributed by atoms with Crippen LogP contribution < -0.4 is 11.0 Å². The van der Waals surface area contributed by atoms with Crippen LogP contribution in [-0.2, 0) is 0 Å². The van der Waals surface area contributed by atoms with E-state index in [4.69, 9.17) is 0 Å². The molecule has 2 N–H and O–H groups in total. The molecular formula is C27H44N3+. The molecule has 0 spiro atoms. The number of hydrogen-bond acceptors (Lipinski definition) is 2. The number of nitrogens with one attached hydrogen (secondary N) is 2. The molecule has 30 heavy (non-hydrogen) atoms. The lowest BCUT2D eigenvalue weighted by Crippen LogP contribution is -2.53. The molecule has 0 aromatic rings. The average Bonchev–Trinajstić information content (AvgIpc) is 3.25. The molecule has 0 saturated heterocycles. The van der Waals surface area contributed by atoms with Crippen LogP contribution in [0.3, 0.4) is 0 Å². The Labute approximate surface area is 184 Å².